The van der Waals surface area contributed by atoms with Crippen LogP contribution in [0.25, 0.3) is 0 Å². The Balaban J connectivity index is 4.25. The number of carbonyl (C=O) groups is 1. The topological polar surface area (TPSA) is 118 Å². The zero-order valence-corrected chi connectivity index (χ0v) is 8.70. The van der Waals surface area contributed by atoms with Gasteiger partial charge in [-0.2, -0.15) is 0 Å². The van der Waals surface area contributed by atoms with E-state index in [0.717, 1.165) is 0 Å². The SMILES string of the molecule is O=C([C@@H](O)C(O)I)[C@H](O)[C@H](O)CO. The number of ketones is 1. The van der Waals surface area contributed by atoms with Crippen LogP contribution in [0.15, 0.2) is 0 Å². The Bertz CT molecular complexity index is 173. The smallest absolute Gasteiger partial charge is 0.195 e. The van der Waals surface area contributed by atoms with Crippen molar-refractivity contribution in [2.75, 3.05) is 6.61 Å². The van der Waals surface area contributed by atoms with Gasteiger partial charge in [0.2, 0.25) is 0 Å². The summed E-state index contributed by atoms with van der Waals surface area (Å²) in [5.74, 6) is -1.12. The molecule has 0 fully saturated rings. The van der Waals surface area contributed by atoms with Crippen LogP contribution in [0.2, 0.25) is 0 Å². The fourth-order valence-electron chi connectivity index (χ4n) is 0.600. The second kappa shape index (κ2) is 5.83. The molecule has 0 aromatic carbocycles. The van der Waals surface area contributed by atoms with Gasteiger partial charge in [0.15, 0.2) is 5.78 Å². The molecule has 0 bridgehead atoms. The van der Waals surface area contributed by atoms with Crippen LogP contribution in [0.1, 0.15) is 0 Å². The van der Waals surface area contributed by atoms with E-state index < -0.39 is 34.8 Å². The van der Waals surface area contributed by atoms with Gasteiger partial charge in [-0.05, 0) is 22.6 Å². The minimum atomic E-state index is -1.88. The van der Waals surface area contributed by atoms with E-state index in [4.69, 9.17) is 25.5 Å². The fourth-order valence-corrected chi connectivity index (χ4v) is 0.954. The summed E-state index contributed by atoms with van der Waals surface area (Å²) in [6.07, 6.45) is -5.29. The molecule has 6 nitrogen and oxygen atoms in total. The molecule has 5 N–H and O–H groups in total. The molecular weight excluding hydrogens is 295 g/mol. The molecule has 78 valence electrons. The molecule has 0 aliphatic heterocycles. The Morgan fingerprint density at radius 1 is 1.15 bits per heavy atom. The molecule has 7 heteroatoms. The van der Waals surface area contributed by atoms with Gasteiger partial charge in [0, 0.05) is 0 Å². The van der Waals surface area contributed by atoms with Crippen LogP contribution in [0.4, 0.5) is 0 Å². The first kappa shape index (κ1) is 13.2. The fraction of sp³-hybridized carbons (Fsp3) is 0.833. The van der Waals surface area contributed by atoms with Crippen LogP contribution >= 0.6 is 22.6 Å². The first-order valence-electron chi connectivity index (χ1n) is 3.42. The number of aliphatic hydroxyl groups is 5. The van der Waals surface area contributed by atoms with Crippen molar-refractivity contribution in [3.63, 3.8) is 0 Å². The number of hydrogen-bond donors (Lipinski definition) is 5. The summed E-state index contributed by atoms with van der Waals surface area (Å²) in [7, 11) is 0. The van der Waals surface area contributed by atoms with Crippen molar-refractivity contribution >= 4 is 28.4 Å². The summed E-state index contributed by atoms with van der Waals surface area (Å²) in [5, 5.41) is 43.9. The van der Waals surface area contributed by atoms with E-state index >= 15 is 0 Å². The van der Waals surface area contributed by atoms with Crippen molar-refractivity contribution in [1.82, 2.24) is 0 Å². The zero-order valence-electron chi connectivity index (χ0n) is 6.54. The highest BCUT2D eigenvalue weighted by atomic mass is 127. The molecule has 0 rings (SSSR count). The van der Waals surface area contributed by atoms with Crippen molar-refractivity contribution in [3.8, 4) is 0 Å². The molecule has 0 saturated carbocycles. The first-order chi connectivity index (χ1) is 5.91. The Hall–Kier alpha value is 0.200. The summed E-state index contributed by atoms with van der Waals surface area (Å²) in [5.41, 5.74) is 0. The Morgan fingerprint density at radius 2 is 1.62 bits per heavy atom. The second-order valence-corrected chi connectivity index (χ2v) is 3.69. The molecule has 0 aromatic heterocycles. The molecule has 0 spiro atoms. The van der Waals surface area contributed by atoms with E-state index in [1.807, 2.05) is 0 Å². The van der Waals surface area contributed by atoms with Gasteiger partial charge in [0.25, 0.3) is 0 Å². The van der Waals surface area contributed by atoms with Crippen molar-refractivity contribution in [2.24, 2.45) is 0 Å². The third-order valence-corrected chi connectivity index (χ3v) is 2.08. The summed E-state index contributed by atoms with van der Waals surface area (Å²) < 4.78 is -1.36. The van der Waals surface area contributed by atoms with Gasteiger partial charge in [-0.15, -0.1) is 0 Å². The molecular formula is C6H11IO6. The maximum atomic E-state index is 10.9. The van der Waals surface area contributed by atoms with E-state index in [0.29, 0.717) is 0 Å². The highest BCUT2D eigenvalue weighted by Gasteiger charge is 2.32. The van der Waals surface area contributed by atoms with Crippen LogP contribution < -0.4 is 0 Å². The standard InChI is InChI=1S/C6H11IO6/c7-6(13)5(12)4(11)3(10)2(9)1-8/h2-3,5-6,8-10,12-13H,1H2/t2-,3-,5-,6?/m1/s1. The van der Waals surface area contributed by atoms with Crippen molar-refractivity contribution in [1.29, 1.82) is 0 Å². The van der Waals surface area contributed by atoms with Gasteiger partial charge in [-0.25, -0.2) is 0 Å². The lowest BCUT2D eigenvalue weighted by Crippen LogP contribution is -2.45. The third kappa shape index (κ3) is 3.83. The zero-order chi connectivity index (χ0) is 10.6. The minimum Gasteiger partial charge on any atom is -0.394 e. The van der Waals surface area contributed by atoms with Gasteiger partial charge in [0.05, 0.1) is 6.61 Å². The number of Topliss-reactive ketones (excluding diaryl/α,β-unsaturated/α-hetero) is 1. The molecule has 0 heterocycles. The summed E-state index contributed by atoms with van der Waals surface area (Å²) in [6.45, 7) is -0.795. The Labute approximate surface area is 88.0 Å². The van der Waals surface area contributed by atoms with Crippen LogP contribution in [0.5, 0.6) is 0 Å². The van der Waals surface area contributed by atoms with Gasteiger partial charge in [0.1, 0.15) is 22.4 Å². The molecule has 4 atom stereocenters. The normalized spacial score (nSPS) is 20.5. The van der Waals surface area contributed by atoms with Crippen molar-refractivity contribution in [2.45, 2.75) is 22.4 Å². The predicted molar refractivity (Wildman–Crippen MR) is 50.1 cm³/mol. The molecule has 0 saturated heterocycles. The highest BCUT2D eigenvalue weighted by molar-refractivity contribution is 14.1. The lowest BCUT2D eigenvalue weighted by atomic mass is 10.1. The number of carbonyl (C=O) groups excluding carboxylic acids is 1. The number of aliphatic hydroxyl groups excluding tert-OH is 5. The lowest BCUT2D eigenvalue weighted by molar-refractivity contribution is -0.145. The van der Waals surface area contributed by atoms with E-state index in [-0.39, 0.29) is 0 Å². The lowest BCUT2D eigenvalue weighted by Gasteiger charge is -2.18. The first-order valence-corrected chi connectivity index (χ1v) is 4.67. The largest absolute Gasteiger partial charge is 0.394 e. The van der Waals surface area contributed by atoms with Crippen LogP contribution in [-0.2, 0) is 4.79 Å². The van der Waals surface area contributed by atoms with Crippen LogP contribution in [-0.4, -0.2) is 60.3 Å². The van der Waals surface area contributed by atoms with Crippen LogP contribution in [0.3, 0.4) is 0 Å². The molecule has 13 heavy (non-hydrogen) atoms. The quantitative estimate of drug-likeness (QED) is 0.280. The molecule has 0 amide bonds. The number of rotatable bonds is 5. The summed E-state index contributed by atoms with van der Waals surface area (Å²) >= 11 is 1.38. The van der Waals surface area contributed by atoms with Gasteiger partial charge in [-0.1, -0.05) is 0 Å². The van der Waals surface area contributed by atoms with Gasteiger partial charge < -0.3 is 25.5 Å². The molecule has 0 radical (unpaired) electrons. The number of halogens is 1. The molecule has 0 aliphatic rings. The summed E-state index contributed by atoms with van der Waals surface area (Å²) in [4.78, 5) is 10.9. The maximum absolute atomic E-state index is 10.9. The summed E-state index contributed by atoms with van der Waals surface area (Å²) in [6, 6.07) is 0. The third-order valence-electron chi connectivity index (χ3n) is 1.40. The Morgan fingerprint density at radius 3 is 1.92 bits per heavy atom. The van der Waals surface area contributed by atoms with E-state index in [2.05, 4.69) is 0 Å². The predicted octanol–water partition coefficient (Wildman–Crippen LogP) is -2.62. The minimum absolute atomic E-state index is 0.795. The monoisotopic (exact) mass is 306 g/mol. The highest BCUT2D eigenvalue weighted by Crippen LogP contribution is 2.07. The second-order valence-electron chi connectivity index (χ2n) is 2.41. The van der Waals surface area contributed by atoms with E-state index in [1.165, 1.54) is 22.6 Å². The molecule has 0 aliphatic carbocycles. The van der Waals surface area contributed by atoms with Gasteiger partial charge >= 0.3 is 0 Å². The van der Waals surface area contributed by atoms with Crippen molar-refractivity contribution < 1.29 is 30.3 Å². The number of hydrogen-bond acceptors (Lipinski definition) is 6. The maximum Gasteiger partial charge on any atom is 0.195 e. The van der Waals surface area contributed by atoms with Gasteiger partial charge in [-0.3, -0.25) is 4.79 Å². The van der Waals surface area contributed by atoms with E-state index in [1.54, 1.807) is 0 Å². The molecule has 1 unspecified atom stereocenters. The molecule has 0 aromatic rings. The van der Waals surface area contributed by atoms with Crippen molar-refractivity contribution in [3.05, 3.63) is 0 Å². The van der Waals surface area contributed by atoms with Crippen LogP contribution in [0, 0.1) is 0 Å². The van der Waals surface area contributed by atoms with E-state index in [9.17, 15) is 4.79 Å². The average Bonchev–Trinajstić information content (AvgIpc) is 2.12. The number of alkyl halides is 1. The average molecular weight is 306 g/mol. The Kier molecular flexibility index (Phi) is 5.92.